The second kappa shape index (κ2) is 4.74. The highest BCUT2D eigenvalue weighted by Crippen LogP contribution is 2.02. The number of nitrogens with two attached hydrogens (primary N) is 1. The molecule has 1 aromatic heterocycles. The highest BCUT2D eigenvalue weighted by atomic mass is 16.3. The quantitative estimate of drug-likeness (QED) is 0.519. The molecule has 2 unspecified atom stereocenters. The Kier molecular flexibility index (Phi) is 3.62. The Balaban J connectivity index is 2.56. The van der Waals surface area contributed by atoms with Crippen molar-refractivity contribution in [3.63, 3.8) is 0 Å². The third-order valence-electron chi connectivity index (χ3n) is 2.22. The number of hydrogen-bond acceptors (Lipinski definition) is 5. The molecule has 0 saturated heterocycles. The Morgan fingerprint density at radius 1 is 1.67 bits per heavy atom. The number of aromatic nitrogens is 3. The zero-order valence-electron chi connectivity index (χ0n) is 8.69. The van der Waals surface area contributed by atoms with Gasteiger partial charge >= 0.3 is 0 Å². The number of aliphatic hydroxyl groups is 1. The second-order valence-electron chi connectivity index (χ2n) is 3.46. The maximum Gasteiger partial charge on any atom is 0.288 e. The molecular formula is C8H15N5O2. The first kappa shape index (κ1) is 11.4. The van der Waals surface area contributed by atoms with Gasteiger partial charge in [-0.15, -0.1) is 5.10 Å². The third-order valence-corrected chi connectivity index (χ3v) is 2.22. The summed E-state index contributed by atoms with van der Waals surface area (Å²) in [6.07, 6.45) is 0. The van der Waals surface area contributed by atoms with Crippen LogP contribution in [0.5, 0.6) is 0 Å². The monoisotopic (exact) mass is 213 g/mol. The minimum Gasteiger partial charge on any atom is -0.396 e. The van der Waals surface area contributed by atoms with E-state index in [1.807, 2.05) is 6.92 Å². The van der Waals surface area contributed by atoms with Gasteiger partial charge in [0.05, 0.1) is 0 Å². The number of rotatable bonds is 4. The van der Waals surface area contributed by atoms with Crippen molar-refractivity contribution in [3.05, 3.63) is 5.82 Å². The van der Waals surface area contributed by atoms with Crippen LogP contribution in [0, 0.1) is 5.92 Å². The number of amides is 1. The van der Waals surface area contributed by atoms with E-state index in [1.54, 1.807) is 6.92 Å². The minimum atomic E-state index is -0.382. The van der Waals surface area contributed by atoms with Gasteiger partial charge in [-0.1, -0.05) is 6.92 Å². The lowest BCUT2D eigenvalue weighted by Crippen LogP contribution is -2.38. The molecule has 0 aliphatic heterocycles. The van der Waals surface area contributed by atoms with Gasteiger partial charge in [-0.05, 0) is 12.8 Å². The van der Waals surface area contributed by atoms with Crippen molar-refractivity contribution in [2.45, 2.75) is 19.9 Å². The molecule has 0 saturated carbocycles. The van der Waals surface area contributed by atoms with Gasteiger partial charge in [-0.2, -0.15) is 4.98 Å². The molecule has 0 aromatic carbocycles. The van der Waals surface area contributed by atoms with Crippen molar-refractivity contribution < 1.29 is 9.90 Å². The zero-order chi connectivity index (χ0) is 11.4. The van der Waals surface area contributed by atoms with Gasteiger partial charge in [-0.25, -0.2) is 0 Å². The summed E-state index contributed by atoms with van der Waals surface area (Å²) in [5.74, 6) is -0.297. The van der Waals surface area contributed by atoms with E-state index < -0.39 is 0 Å². The molecule has 0 bridgehead atoms. The Labute approximate surface area is 87.1 Å². The van der Waals surface area contributed by atoms with E-state index in [0.717, 1.165) is 0 Å². The Hall–Kier alpha value is -1.63. The molecule has 2 atom stereocenters. The standard InChI is InChI=1S/C8H15N5O2/c1-4(3-14)5(2)10-7(15)6-11-8(9)13-12-6/h4-5,14H,3H2,1-2H3,(H,10,15)(H3,9,11,12,13). The molecule has 0 fully saturated rings. The molecule has 1 aromatic rings. The summed E-state index contributed by atoms with van der Waals surface area (Å²) >= 11 is 0. The van der Waals surface area contributed by atoms with Crippen LogP contribution < -0.4 is 11.1 Å². The second-order valence-corrected chi connectivity index (χ2v) is 3.46. The highest BCUT2D eigenvalue weighted by Gasteiger charge is 2.17. The molecule has 1 rings (SSSR count). The number of nitrogens with one attached hydrogen (secondary N) is 2. The van der Waals surface area contributed by atoms with E-state index in [-0.39, 0.29) is 36.2 Å². The van der Waals surface area contributed by atoms with Crippen LogP contribution in [0.25, 0.3) is 0 Å². The molecule has 0 radical (unpaired) electrons. The van der Waals surface area contributed by atoms with Crippen LogP contribution in [0.4, 0.5) is 5.95 Å². The van der Waals surface area contributed by atoms with Crippen LogP contribution in [0.1, 0.15) is 24.5 Å². The lowest BCUT2D eigenvalue weighted by atomic mass is 10.1. The van der Waals surface area contributed by atoms with E-state index in [1.165, 1.54) is 0 Å². The number of carbonyl (C=O) groups excluding carboxylic acids is 1. The minimum absolute atomic E-state index is 0.0139. The summed E-state index contributed by atoms with van der Waals surface area (Å²) in [5, 5.41) is 17.5. The van der Waals surface area contributed by atoms with Crippen molar-refractivity contribution >= 4 is 11.9 Å². The number of nitrogens with zero attached hydrogens (tertiary/aromatic N) is 2. The summed E-state index contributed by atoms with van der Waals surface area (Å²) < 4.78 is 0. The van der Waals surface area contributed by atoms with Crippen LogP contribution >= 0.6 is 0 Å². The zero-order valence-corrected chi connectivity index (χ0v) is 8.69. The Morgan fingerprint density at radius 2 is 2.33 bits per heavy atom. The first-order valence-corrected chi connectivity index (χ1v) is 4.64. The van der Waals surface area contributed by atoms with Gasteiger partial charge in [0.2, 0.25) is 11.8 Å². The summed E-state index contributed by atoms with van der Waals surface area (Å²) in [7, 11) is 0. The summed E-state index contributed by atoms with van der Waals surface area (Å²) in [6, 6.07) is -0.145. The van der Waals surface area contributed by atoms with Crippen molar-refractivity contribution in [1.29, 1.82) is 0 Å². The van der Waals surface area contributed by atoms with Crippen molar-refractivity contribution in [1.82, 2.24) is 20.5 Å². The fourth-order valence-electron chi connectivity index (χ4n) is 0.952. The van der Waals surface area contributed by atoms with Gasteiger partial charge in [0, 0.05) is 12.6 Å². The number of anilines is 1. The van der Waals surface area contributed by atoms with Crippen molar-refractivity contribution in [2.24, 2.45) is 5.92 Å². The predicted octanol–water partition coefficient (Wildman–Crippen LogP) is -0.866. The fraction of sp³-hybridized carbons (Fsp3) is 0.625. The molecule has 7 nitrogen and oxygen atoms in total. The molecule has 1 amide bonds. The highest BCUT2D eigenvalue weighted by molar-refractivity contribution is 5.90. The van der Waals surface area contributed by atoms with Crippen molar-refractivity contribution in [2.75, 3.05) is 12.3 Å². The van der Waals surface area contributed by atoms with E-state index in [0.29, 0.717) is 0 Å². The largest absolute Gasteiger partial charge is 0.396 e. The number of aromatic amines is 1. The van der Waals surface area contributed by atoms with E-state index in [9.17, 15) is 4.79 Å². The Morgan fingerprint density at radius 3 is 2.80 bits per heavy atom. The van der Waals surface area contributed by atoms with Gasteiger partial charge in [0.1, 0.15) is 0 Å². The molecule has 1 heterocycles. The van der Waals surface area contributed by atoms with Gasteiger partial charge in [0.15, 0.2) is 0 Å². The van der Waals surface area contributed by atoms with Gasteiger partial charge < -0.3 is 16.2 Å². The molecule has 0 aliphatic carbocycles. The average molecular weight is 213 g/mol. The summed E-state index contributed by atoms with van der Waals surface area (Å²) in [4.78, 5) is 15.2. The van der Waals surface area contributed by atoms with E-state index >= 15 is 0 Å². The van der Waals surface area contributed by atoms with Gasteiger partial charge in [-0.3, -0.25) is 9.89 Å². The molecule has 84 valence electrons. The molecule has 0 aliphatic rings. The van der Waals surface area contributed by atoms with Crippen LogP contribution in [0.15, 0.2) is 0 Å². The molecule has 5 N–H and O–H groups in total. The number of hydrogen-bond donors (Lipinski definition) is 4. The van der Waals surface area contributed by atoms with Crippen molar-refractivity contribution in [3.8, 4) is 0 Å². The lowest BCUT2D eigenvalue weighted by molar-refractivity contribution is 0.0906. The van der Waals surface area contributed by atoms with E-state index in [4.69, 9.17) is 10.8 Å². The molecule has 7 heteroatoms. The summed E-state index contributed by atoms with van der Waals surface area (Å²) in [5.41, 5.74) is 5.26. The molecular weight excluding hydrogens is 198 g/mol. The third kappa shape index (κ3) is 2.91. The number of nitrogen functional groups attached to an aromatic ring is 1. The molecule has 15 heavy (non-hydrogen) atoms. The van der Waals surface area contributed by atoms with Crippen LogP contribution in [0.2, 0.25) is 0 Å². The number of aliphatic hydroxyl groups excluding tert-OH is 1. The van der Waals surface area contributed by atoms with E-state index in [2.05, 4.69) is 20.5 Å². The van der Waals surface area contributed by atoms with Crippen LogP contribution in [0.3, 0.4) is 0 Å². The van der Waals surface area contributed by atoms with Crippen LogP contribution in [-0.4, -0.2) is 38.8 Å². The van der Waals surface area contributed by atoms with Crippen LogP contribution in [-0.2, 0) is 0 Å². The lowest BCUT2D eigenvalue weighted by Gasteiger charge is -2.18. The first-order valence-electron chi connectivity index (χ1n) is 4.64. The first-order chi connectivity index (χ1) is 7.04. The normalized spacial score (nSPS) is 14.6. The Bertz CT molecular complexity index is 338. The topological polar surface area (TPSA) is 117 Å². The number of carbonyl (C=O) groups is 1. The number of H-pyrrole nitrogens is 1. The predicted molar refractivity (Wildman–Crippen MR) is 54.0 cm³/mol. The summed E-state index contributed by atoms with van der Waals surface area (Å²) in [6.45, 7) is 3.65. The SMILES string of the molecule is CC(CO)C(C)NC(=O)c1nc(N)n[nH]1. The smallest absolute Gasteiger partial charge is 0.288 e. The van der Waals surface area contributed by atoms with Gasteiger partial charge in [0.25, 0.3) is 5.91 Å². The molecule has 0 spiro atoms. The average Bonchev–Trinajstić information content (AvgIpc) is 2.63. The maximum absolute atomic E-state index is 11.5. The maximum atomic E-state index is 11.5. The fourth-order valence-corrected chi connectivity index (χ4v) is 0.952.